The van der Waals surface area contributed by atoms with Gasteiger partial charge < -0.3 is 11.1 Å². The quantitative estimate of drug-likeness (QED) is 0.836. The lowest BCUT2D eigenvalue weighted by Crippen LogP contribution is -2.14. The predicted molar refractivity (Wildman–Crippen MR) is 69.5 cm³/mol. The van der Waals surface area contributed by atoms with Crippen molar-refractivity contribution >= 4 is 17.3 Å². The van der Waals surface area contributed by atoms with Crippen LogP contribution in [-0.2, 0) is 11.2 Å². The van der Waals surface area contributed by atoms with Crippen LogP contribution in [0.1, 0.15) is 5.56 Å². The number of halogens is 2. The fourth-order valence-electron chi connectivity index (χ4n) is 1.68. The predicted octanol–water partition coefficient (Wildman–Crippen LogP) is 2.73. The van der Waals surface area contributed by atoms with E-state index in [4.69, 9.17) is 5.73 Å². The maximum absolute atomic E-state index is 13.1. The molecule has 98 valence electrons. The van der Waals surface area contributed by atoms with Gasteiger partial charge in [0.25, 0.3) is 0 Å². The first-order valence-electron chi connectivity index (χ1n) is 5.63. The molecule has 0 spiro atoms. The molecule has 0 radical (unpaired) electrons. The van der Waals surface area contributed by atoms with Crippen molar-refractivity contribution in [2.45, 2.75) is 6.42 Å². The van der Waals surface area contributed by atoms with Crippen LogP contribution in [0.2, 0.25) is 0 Å². The molecular formula is C14H12F2N2O. The van der Waals surface area contributed by atoms with E-state index in [-0.39, 0.29) is 23.8 Å². The van der Waals surface area contributed by atoms with E-state index in [9.17, 15) is 13.6 Å². The average Bonchev–Trinajstić information content (AvgIpc) is 2.30. The first kappa shape index (κ1) is 13.0. The number of nitrogens with one attached hydrogen (secondary N) is 1. The first-order chi connectivity index (χ1) is 9.02. The highest BCUT2D eigenvalue weighted by molar-refractivity contribution is 5.92. The van der Waals surface area contributed by atoms with Crippen LogP contribution in [0, 0.1) is 11.6 Å². The molecule has 0 bridgehead atoms. The van der Waals surface area contributed by atoms with E-state index in [1.165, 1.54) is 36.4 Å². The van der Waals surface area contributed by atoms with Gasteiger partial charge in [-0.25, -0.2) is 8.78 Å². The molecule has 2 aromatic carbocycles. The molecule has 0 unspecified atom stereocenters. The van der Waals surface area contributed by atoms with Crippen molar-refractivity contribution in [1.29, 1.82) is 0 Å². The Morgan fingerprint density at radius 1 is 1.05 bits per heavy atom. The molecule has 0 fully saturated rings. The minimum absolute atomic E-state index is 0.0801. The smallest absolute Gasteiger partial charge is 0.228 e. The molecule has 3 nitrogen and oxygen atoms in total. The number of hydrogen-bond acceptors (Lipinski definition) is 2. The molecule has 0 aromatic heterocycles. The normalized spacial score (nSPS) is 10.2. The summed E-state index contributed by atoms with van der Waals surface area (Å²) in [5.74, 6) is -1.20. The Morgan fingerprint density at radius 3 is 2.37 bits per heavy atom. The molecular weight excluding hydrogens is 250 g/mol. The molecule has 0 saturated carbocycles. The number of amides is 1. The van der Waals surface area contributed by atoms with Gasteiger partial charge in [-0.2, -0.15) is 0 Å². The van der Waals surface area contributed by atoms with Crippen LogP contribution >= 0.6 is 0 Å². The topological polar surface area (TPSA) is 55.1 Å². The lowest BCUT2D eigenvalue weighted by molar-refractivity contribution is -0.115. The molecule has 0 atom stereocenters. The third-order valence-electron chi connectivity index (χ3n) is 2.48. The van der Waals surface area contributed by atoms with Crippen molar-refractivity contribution < 1.29 is 13.6 Å². The molecule has 2 aromatic rings. The molecule has 3 N–H and O–H groups in total. The maximum Gasteiger partial charge on any atom is 0.228 e. The number of nitrogens with two attached hydrogens (primary N) is 1. The number of anilines is 2. The zero-order valence-corrected chi connectivity index (χ0v) is 9.99. The van der Waals surface area contributed by atoms with Crippen LogP contribution in [0.5, 0.6) is 0 Å². The summed E-state index contributed by atoms with van der Waals surface area (Å²) in [7, 11) is 0. The third-order valence-corrected chi connectivity index (χ3v) is 2.48. The standard InChI is InChI=1S/C14H12F2N2O/c15-10-3-1-9(2-4-10)5-14(19)18-13-7-11(16)6-12(17)8-13/h1-4,6-8H,5,17H2,(H,18,19). The van der Waals surface area contributed by atoms with Crippen LogP contribution < -0.4 is 11.1 Å². The molecule has 19 heavy (non-hydrogen) atoms. The Bertz CT molecular complexity index is 577. The van der Waals surface area contributed by atoms with Gasteiger partial charge in [0.15, 0.2) is 0 Å². The van der Waals surface area contributed by atoms with E-state index >= 15 is 0 Å². The van der Waals surface area contributed by atoms with Gasteiger partial charge in [-0.3, -0.25) is 4.79 Å². The molecule has 1 amide bonds. The fourth-order valence-corrected chi connectivity index (χ4v) is 1.68. The Hall–Kier alpha value is -2.43. The van der Waals surface area contributed by atoms with Crippen LogP contribution in [0.3, 0.4) is 0 Å². The highest BCUT2D eigenvalue weighted by Gasteiger charge is 2.06. The minimum atomic E-state index is -0.517. The van der Waals surface area contributed by atoms with E-state index < -0.39 is 5.82 Å². The monoisotopic (exact) mass is 262 g/mol. The first-order valence-corrected chi connectivity index (χ1v) is 5.63. The minimum Gasteiger partial charge on any atom is -0.399 e. The number of nitrogen functional groups attached to an aromatic ring is 1. The van der Waals surface area contributed by atoms with E-state index in [1.54, 1.807) is 0 Å². The van der Waals surface area contributed by atoms with Gasteiger partial charge in [-0.15, -0.1) is 0 Å². The van der Waals surface area contributed by atoms with Crippen LogP contribution in [0.15, 0.2) is 42.5 Å². The Balaban J connectivity index is 2.03. The summed E-state index contributed by atoms with van der Waals surface area (Å²) in [6.45, 7) is 0. The second kappa shape index (κ2) is 5.48. The number of hydrogen-bond donors (Lipinski definition) is 2. The molecule has 0 aliphatic carbocycles. The number of carbonyl (C=O) groups excluding carboxylic acids is 1. The largest absolute Gasteiger partial charge is 0.399 e. The summed E-state index contributed by atoms with van der Waals surface area (Å²) in [5, 5.41) is 2.53. The van der Waals surface area contributed by atoms with Crippen molar-refractivity contribution in [3.05, 3.63) is 59.7 Å². The van der Waals surface area contributed by atoms with Crippen molar-refractivity contribution in [2.24, 2.45) is 0 Å². The van der Waals surface area contributed by atoms with Gasteiger partial charge in [-0.05, 0) is 35.9 Å². The summed E-state index contributed by atoms with van der Waals surface area (Å²) >= 11 is 0. The summed E-state index contributed by atoms with van der Waals surface area (Å²) < 4.78 is 25.8. The van der Waals surface area contributed by atoms with E-state index in [2.05, 4.69) is 5.32 Å². The average molecular weight is 262 g/mol. The lowest BCUT2D eigenvalue weighted by atomic mass is 10.1. The van der Waals surface area contributed by atoms with Gasteiger partial charge in [0.2, 0.25) is 5.91 Å². The molecule has 0 aliphatic rings. The lowest BCUT2D eigenvalue weighted by Gasteiger charge is -2.06. The Morgan fingerprint density at radius 2 is 1.74 bits per heavy atom. The van der Waals surface area contributed by atoms with Gasteiger partial charge in [0.1, 0.15) is 11.6 Å². The van der Waals surface area contributed by atoms with Gasteiger partial charge >= 0.3 is 0 Å². The molecule has 0 saturated heterocycles. The van der Waals surface area contributed by atoms with Gasteiger partial charge in [0, 0.05) is 11.4 Å². The Kier molecular flexibility index (Phi) is 3.75. The van der Waals surface area contributed by atoms with E-state index in [0.717, 1.165) is 6.07 Å². The van der Waals surface area contributed by atoms with E-state index in [1.807, 2.05) is 0 Å². The van der Waals surface area contributed by atoms with Crippen molar-refractivity contribution in [1.82, 2.24) is 0 Å². The highest BCUT2D eigenvalue weighted by Crippen LogP contribution is 2.15. The molecule has 0 heterocycles. The second-order valence-corrected chi connectivity index (χ2v) is 4.12. The zero-order valence-electron chi connectivity index (χ0n) is 9.99. The SMILES string of the molecule is Nc1cc(F)cc(NC(=O)Cc2ccc(F)cc2)c1. The Labute approximate surface area is 109 Å². The van der Waals surface area contributed by atoms with E-state index in [0.29, 0.717) is 11.3 Å². The number of carbonyl (C=O) groups is 1. The molecule has 0 aliphatic heterocycles. The fraction of sp³-hybridized carbons (Fsp3) is 0.0714. The highest BCUT2D eigenvalue weighted by atomic mass is 19.1. The zero-order chi connectivity index (χ0) is 13.8. The van der Waals surface area contributed by atoms with Gasteiger partial charge in [-0.1, -0.05) is 12.1 Å². The molecule has 5 heteroatoms. The summed E-state index contributed by atoms with van der Waals surface area (Å²) in [4.78, 5) is 11.7. The summed E-state index contributed by atoms with van der Waals surface area (Å²) in [5.41, 5.74) is 6.67. The number of rotatable bonds is 3. The van der Waals surface area contributed by atoms with Crippen LogP contribution in [0.25, 0.3) is 0 Å². The second-order valence-electron chi connectivity index (χ2n) is 4.12. The summed E-state index contributed by atoms with van der Waals surface area (Å²) in [6, 6.07) is 9.41. The van der Waals surface area contributed by atoms with Gasteiger partial charge in [0.05, 0.1) is 6.42 Å². The molecule has 2 rings (SSSR count). The number of benzene rings is 2. The van der Waals surface area contributed by atoms with Crippen molar-refractivity contribution in [3.63, 3.8) is 0 Å². The van der Waals surface area contributed by atoms with Crippen LogP contribution in [0.4, 0.5) is 20.2 Å². The van der Waals surface area contributed by atoms with Crippen LogP contribution in [-0.4, -0.2) is 5.91 Å². The third kappa shape index (κ3) is 3.77. The maximum atomic E-state index is 13.1. The summed E-state index contributed by atoms with van der Waals surface area (Å²) in [6.07, 6.45) is 0.0801. The van der Waals surface area contributed by atoms with Crippen molar-refractivity contribution in [3.8, 4) is 0 Å². The van der Waals surface area contributed by atoms with Crippen molar-refractivity contribution in [2.75, 3.05) is 11.1 Å².